The number of halogens is 1. The van der Waals surface area contributed by atoms with Crippen LogP contribution in [0.3, 0.4) is 0 Å². The molecule has 0 saturated carbocycles. The van der Waals surface area contributed by atoms with Crippen molar-refractivity contribution >= 4 is 41.7 Å². The van der Waals surface area contributed by atoms with Gasteiger partial charge < -0.3 is 15.5 Å². The number of amides is 2. The molecular weight excluding hydrogens is 358 g/mol. The van der Waals surface area contributed by atoms with Crippen molar-refractivity contribution in [1.29, 1.82) is 0 Å². The summed E-state index contributed by atoms with van der Waals surface area (Å²) in [6, 6.07) is 7.91. The topological polar surface area (TPSA) is 61.4 Å². The van der Waals surface area contributed by atoms with Gasteiger partial charge in [0.05, 0.1) is 5.92 Å². The molecule has 1 fully saturated rings. The number of nitrogens with zero attached hydrogens (tertiary/aromatic N) is 1. The third kappa shape index (κ3) is 5.00. The van der Waals surface area contributed by atoms with Crippen LogP contribution in [-0.2, 0) is 9.59 Å². The van der Waals surface area contributed by atoms with Gasteiger partial charge in [-0.3, -0.25) is 9.59 Å². The molecule has 7 heteroatoms. The van der Waals surface area contributed by atoms with Gasteiger partial charge in [0.2, 0.25) is 11.8 Å². The molecule has 25 heavy (non-hydrogen) atoms. The summed E-state index contributed by atoms with van der Waals surface area (Å²) in [5.74, 6) is -0.265. The van der Waals surface area contributed by atoms with E-state index in [1.165, 1.54) is 5.57 Å². The minimum absolute atomic E-state index is 0. The van der Waals surface area contributed by atoms with Crippen molar-refractivity contribution in [1.82, 2.24) is 10.6 Å². The first-order valence-electron chi connectivity index (χ1n) is 8.28. The highest BCUT2D eigenvalue weighted by Crippen LogP contribution is 2.27. The predicted octanol–water partition coefficient (Wildman–Crippen LogP) is 2.22. The van der Waals surface area contributed by atoms with Gasteiger partial charge >= 0.3 is 0 Å². The molecule has 2 amide bonds. The smallest absolute Gasteiger partial charge is 0.227 e. The van der Waals surface area contributed by atoms with Crippen LogP contribution >= 0.6 is 24.2 Å². The second-order valence-electron chi connectivity index (χ2n) is 6.14. The third-order valence-corrected chi connectivity index (χ3v) is 5.27. The Kier molecular flexibility index (Phi) is 7.35. The number of hydrogen-bond donors (Lipinski definition) is 2. The normalized spacial score (nSPS) is 20.0. The van der Waals surface area contributed by atoms with Crippen LogP contribution in [0, 0.1) is 5.92 Å². The third-order valence-electron chi connectivity index (χ3n) is 4.53. The summed E-state index contributed by atoms with van der Waals surface area (Å²) >= 11 is 1.67. The molecular formula is C18H24ClN3O2S. The van der Waals surface area contributed by atoms with Gasteiger partial charge in [-0.15, -0.1) is 24.2 Å². The molecule has 1 saturated heterocycles. The molecule has 136 valence electrons. The van der Waals surface area contributed by atoms with Crippen molar-refractivity contribution in [2.24, 2.45) is 5.92 Å². The average Bonchev–Trinajstić information content (AvgIpc) is 3.02. The first-order chi connectivity index (χ1) is 11.7. The zero-order chi connectivity index (χ0) is 16.9. The Balaban J connectivity index is 0.00000225. The highest BCUT2D eigenvalue weighted by atomic mass is 35.5. The SMILES string of the molecule is CSc1ccc(N2CC(C(=O)NCC3=CCNCC3)CC2=O)cc1.Cl. The van der Waals surface area contributed by atoms with E-state index in [2.05, 4.69) is 16.7 Å². The molecule has 1 aromatic rings. The predicted molar refractivity (Wildman–Crippen MR) is 105 cm³/mol. The Bertz CT molecular complexity index is 648. The molecule has 0 radical (unpaired) electrons. The quantitative estimate of drug-likeness (QED) is 0.606. The highest BCUT2D eigenvalue weighted by molar-refractivity contribution is 7.98. The van der Waals surface area contributed by atoms with Crippen molar-refractivity contribution in [3.63, 3.8) is 0 Å². The molecule has 0 spiro atoms. The largest absolute Gasteiger partial charge is 0.352 e. The van der Waals surface area contributed by atoms with E-state index >= 15 is 0 Å². The molecule has 5 nitrogen and oxygen atoms in total. The number of benzene rings is 1. The molecule has 1 aromatic carbocycles. The number of rotatable bonds is 5. The molecule has 3 rings (SSSR count). The van der Waals surface area contributed by atoms with E-state index in [1.54, 1.807) is 16.7 Å². The first-order valence-corrected chi connectivity index (χ1v) is 9.50. The number of carbonyl (C=O) groups excluding carboxylic acids is 2. The number of nitrogens with one attached hydrogen (secondary N) is 2. The Morgan fingerprint density at radius 1 is 1.36 bits per heavy atom. The fourth-order valence-corrected chi connectivity index (χ4v) is 3.48. The summed E-state index contributed by atoms with van der Waals surface area (Å²) in [5.41, 5.74) is 2.13. The van der Waals surface area contributed by atoms with E-state index < -0.39 is 0 Å². The fourth-order valence-electron chi connectivity index (χ4n) is 3.07. The molecule has 1 atom stereocenters. The van der Waals surface area contributed by atoms with Crippen LogP contribution in [0.5, 0.6) is 0 Å². The molecule has 0 aliphatic carbocycles. The highest BCUT2D eigenvalue weighted by Gasteiger charge is 2.35. The van der Waals surface area contributed by atoms with Crippen LogP contribution < -0.4 is 15.5 Å². The van der Waals surface area contributed by atoms with Gasteiger partial charge in [0.15, 0.2) is 0 Å². The van der Waals surface area contributed by atoms with E-state index in [0.717, 1.165) is 30.1 Å². The second kappa shape index (κ2) is 9.27. The summed E-state index contributed by atoms with van der Waals surface area (Å²) in [7, 11) is 0. The molecule has 0 bridgehead atoms. The van der Waals surface area contributed by atoms with Gasteiger partial charge in [-0.2, -0.15) is 0 Å². The zero-order valence-corrected chi connectivity index (χ0v) is 15.9. The van der Waals surface area contributed by atoms with E-state index in [9.17, 15) is 9.59 Å². The maximum absolute atomic E-state index is 12.4. The summed E-state index contributed by atoms with van der Waals surface area (Å²) in [5, 5.41) is 6.24. The number of thioether (sulfide) groups is 1. The van der Waals surface area contributed by atoms with Crippen LogP contribution in [0.1, 0.15) is 12.8 Å². The van der Waals surface area contributed by atoms with Crippen molar-refractivity contribution in [2.75, 3.05) is 37.3 Å². The maximum atomic E-state index is 12.4. The van der Waals surface area contributed by atoms with E-state index in [-0.39, 0.29) is 36.6 Å². The van der Waals surface area contributed by atoms with Gasteiger partial charge in [-0.25, -0.2) is 0 Å². The minimum Gasteiger partial charge on any atom is -0.352 e. The maximum Gasteiger partial charge on any atom is 0.227 e. The average molecular weight is 382 g/mol. The van der Waals surface area contributed by atoms with Crippen molar-refractivity contribution in [2.45, 2.75) is 17.7 Å². The van der Waals surface area contributed by atoms with Crippen LogP contribution in [0.25, 0.3) is 0 Å². The van der Waals surface area contributed by atoms with Crippen molar-refractivity contribution in [3.8, 4) is 0 Å². The van der Waals surface area contributed by atoms with Gasteiger partial charge in [0, 0.05) is 36.6 Å². The molecule has 2 heterocycles. The number of hydrogen-bond acceptors (Lipinski definition) is 4. The Morgan fingerprint density at radius 3 is 2.76 bits per heavy atom. The number of anilines is 1. The fraction of sp³-hybridized carbons (Fsp3) is 0.444. The van der Waals surface area contributed by atoms with E-state index in [0.29, 0.717) is 13.1 Å². The minimum atomic E-state index is -0.264. The van der Waals surface area contributed by atoms with Crippen LogP contribution in [0.15, 0.2) is 40.8 Å². The zero-order valence-electron chi connectivity index (χ0n) is 14.3. The molecule has 1 unspecified atom stereocenters. The Labute approximate surface area is 159 Å². The van der Waals surface area contributed by atoms with Crippen molar-refractivity contribution in [3.05, 3.63) is 35.9 Å². The van der Waals surface area contributed by atoms with Crippen molar-refractivity contribution < 1.29 is 9.59 Å². The molecule has 0 aromatic heterocycles. The summed E-state index contributed by atoms with van der Waals surface area (Å²) in [4.78, 5) is 27.5. The van der Waals surface area contributed by atoms with Crippen LogP contribution in [-0.4, -0.2) is 44.2 Å². The first kappa shape index (κ1) is 19.8. The summed E-state index contributed by atoms with van der Waals surface area (Å²) < 4.78 is 0. The lowest BCUT2D eigenvalue weighted by molar-refractivity contribution is -0.126. The van der Waals surface area contributed by atoms with E-state index in [4.69, 9.17) is 0 Å². The van der Waals surface area contributed by atoms with Gasteiger partial charge in [0.25, 0.3) is 0 Å². The summed E-state index contributed by atoms with van der Waals surface area (Å²) in [6.07, 6.45) is 5.41. The summed E-state index contributed by atoms with van der Waals surface area (Å²) in [6.45, 7) is 2.88. The van der Waals surface area contributed by atoms with Gasteiger partial charge in [0.1, 0.15) is 0 Å². The van der Waals surface area contributed by atoms with Gasteiger partial charge in [-0.1, -0.05) is 11.6 Å². The number of carbonyl (C=O) groups is 2. The van der Waals surface area contributed by atoms with Gasteiger partial charge in [-0.05, 0) is 43.5 Å². The monoisotopic (exact) mass is 381 g/mol. The Hall–Kier alpha value is -1.50. The van der Waals surface area contributed by atoms with Crippen LogP contribution in [0.4, 0.5) is 5.69 Å². The van der Waals surface area contributed by atoms with Crippen LogP contribution in [0.2, 0.25) is 0 Å². The lowest BCUT2D eigenvalue weighted by Gasteiger charge is -2.18. The second-order valence-corrected chi connectivity index (χ2v) is 7.02. The lowest BCUT2D eigenvalue weighted by Crippen LogP contribution is -2.35. The standard InChI is InChI=1S/C18H23N3O2S.ClH/c1-24-16-4-2-15(3-5-16)21-12-14(10-17(21)22)18(23)20-11-13-6-8-19-9-7-13;/h2-6,14,19H,7-12H2,1H3,(H,20,23);1H. The lowest BCUT2D eigenvalue weighted by atomic mass is 10.1. The Morgan fingerprint density at radius 2 is 2.12 bits per heavy atom. The molecule has 2 aliphatic heterocycles. The molecule has 2 aliphatic rings. The van der Waals surface area contributed by atoms with E-state index in [1.807, 2.05) is 30.5 Å². The molecule has 2 N–H and O–H groups in total.